The number of hydrogen-bond donors (Lipinski definition) is 2. The minimum Gasteiger partial charge on any atom is -0.402 e. The molecule has 0 aliphatic rings. The summed E-state index contributed by atoms with van der Waals surface area (Å²) in [6, 6.07) is 0. The number of aryl methyl sites for hydroxylation is 2. The molecule has 0 aromatic carbocycles. The average molecular weight is 400 g/mol. The Bertz CT molecular complexity index is 1260. The first-order valence-corrected chi connectivity index (χ1v) is 9.87. The van der Waals surface area contributed by atoms with E-state index in [9.17, 15) is 4.79 Å². The van der Waals surface area contributed by atoms with E-state index in [-0.39, 0.29) is 5.56 Å². The van der Waals surface area contributed by atoms with Crippen LogP contribution in [0.4, 0.5) is 0 Å². The van der Waals surface area contributed by atoms with Crippen molar-refractivity contribution in [3.63, 3.8) is 0 Å². The number of nitrogens with two attached hydrogens (primary N) is 1. The van der Waals surface area contributed by atoms with Crippen LogP contribution in [0.2, 0.25) is 0 Å². The molecule has 4 rings (SSSR count). The predicted molar refractivity (Wildman–Crippen MR) is 109 cm³/mol. The first kappa shape index (κ1) is 17.6. The SMILES string of the molecule is Cc1scnc1Cn1ncc2c3sc(CC(N)=CC=N)nc3n(C)c2c1=O. The molecule has 0 aliphatic heterocycles. The van der Waals surface area contributed by atoms with Crippen molar-refractivity contribution >= 4 is 50.1 Å². The molecule has 4 heterocycles. The lowest BCUT2D eigenvalue weighted by Gasteiger charge is -2.04. The molecule has 0 aliphatic carbocycles. The number of hydrogen-bond acceptors (Lipinski definition) is 8. The molecular weight excluding hydrogens is 382 g/mol. The van der Waals surface area contributed by atoms with Crippen molar-refractivity contribution in [2.75, 3.05) is 0 Å². The van der Waals surface area contributed by atoms with E-state index in [1.54, 1.807) is 29.1 Å². The van der Waals surface area contributed by atoms with Crippen LogP contribution in [0.3, 0.4) is 0 Å². The number of allylic oxidation sites excluding steroid dienone is 2. The van der Waals surface area contributed by atoms with Gasteiger partial charge >= 0.3 is 0 Å². The van der Waals surface area contributed by atoms with Crippen molar-refractivity contribution in [1.29, 1.82) is 5.41 Å². The van der Waals surface area contributed by atoms with Gasteiger partial charge in [-0.15, -0.1) is 22.7 Å². The van der Waals surface area contributed by atoms with Crippen LogP contribution in [0, 0.1) is 12.3 Å². The summed E-state index contributed by atoms with van der Waals surface area (Å²) in [5.74, 6) is 0. The van der Waals surface area contributed by atoms with Gasteiger partial charge in [0.25, 0.3) is 5.56 Å². The number of aromatic nitrogens is 5. The van der Waals surface area contributed by atoms with Gasteiger partial charge in [0.2, 0.25) is 0 Å². The second kappa shape index (κ2) is 6.71. The molecule has 0 amide bonds. The van der Waals surface area contributed by atoms with Gasteiger partial charge in [0, 0.05) is 35.6 Å². The van der Waals surface area contributed by atoms with Crippen molar-refractivity contribution in [3.8, 4) is 0 Å². The van der Waals surface area contributed by atoms with E-state index in [0.29, 0.717) is 24.2 Å². The molecule has 0 atom stereocenters. The summed E-state index contributed by atoms with van der Waals surface area (Å²) in [6.45, 7) is 2.34. The molecule has 0 bridgehead atoms. The number of fused-ring (bicyclic) bond motifs is 3. The van der Waals surface area contributed by atoms with E-state index in [1.807, 2.05) is 18.5 Å². The van der Waals surface area contributed by atoms with Crippen LogP contribution in [0.5, 0.6) is 0 Å². The number of thiazole rings is 2. The summed E-state index contributed by atoms with van der Waals surface area (Å²) >= 11 is 3.05. The zero-order chi connectivity index (χ0) is 19.1. The highest BCUT2D eigenvalue weighted by Gasteiger charge is 2.18. The third kappa shape index (κ3) is 2.96. The monoisotopic (exact) mass is 399 g/mol. The standard InChI is InChI=1S/C17H17N7OS2/c1-9-12(20-8-26-9)7-24-17(25)14-11(6-21-24)15-16(23(14)2)22-13(27-15)5-10(19)3-4-18/h3-4,6,8,18H,5,7,19H2,1-2H3. The van der Waals surface area contributed by atoms with Crippen molar-refractivity contribution in [1.82, 2.24) is 24.3 Å². The van der Waals surface area contributed by atoms with Gasteiger partial charge in [-0.3, -0.25) is 4.79 Å². The summed E-state index contributed by atoms with van der Waals surface area (Å²) < 4.78 is 4.18. The van der Waals surface area contributed by atoms with Crippen molar-refractivity contribution in [2.45, 2.75) is 19.9 Å². The maximum atomic E-state index is 13.0. The second-order valence-electron chi connectivity index (χ2n) is 6.13. The number of nitrogens with zero attached hydrogens (tertiary/aromatic N) is 5. The van der Waals surface area contributed by atoms with E-state index < -0.39 is 0 Å². The minimum atomic E-state index is -0.155. The van der Waals surface area contributed by atoms with Crippen LogP contribution in [0.15, 0.2) is 28.3 Å². The minimum absolute atomic E-state index is 0.155. The highest BCUT2D eigenvalue weighted by atomic mass is 32.1. The van der Waals surface area contributed by atoms with Crippen LogP contribution in [0.1, 0.15) is 15.6 Å². The van der Waals surface area contributed by atoms with Gasteiger partial charge in [-0.2, -0.15) is 5.10 Å². The molecule has 3 N–H and O–H groups in total. The molecule has 4 aromatic heterocycles. The van der Waals surface area contributed by atoms with Crippen LogP contribution in [0.25, 0.3) is 21.3 Å². The molecule has 8 nitrogen and oxygen atoms in total. The lowest BCUT2D eigenvalue weighted by atomic mass is 10.3. The third-order valence-corrected chi connectivity index (χ3v) is 6.24. The van der Waals surface area contributed by atoms with Gasteiger partial charge in [-0.05, 0) is 13.0 Å². The van der Waals surface area contributed by atoms with E-state index >= 15 is 0 Å². The molecule has 0 unspecified atom stereocenters. The Morgan fingerprint density at radius 2 is 2.26 bits per heavy atom. The van der Waals surface area contributed by atoms with E-state index in [1.165, 1.54) is 16.0 Å². The molecule has 27 heavy (non-hydrogen) atoms. The zero-order valence-electron chi connectivity index (χ0n) is 14.8. The molecule has 10 heteroatoms. The fourth-order valence-electron chi connectivity index (χ4n) is 2.98. The molecule has 0 saturated heterocycles. The maximum absolute atomic E-state index is 13.0. The topological polar surface area (TPSA) is 115 Å². The highest BCUT2D eigenvalue weighted by molar-refractivity contribution is 7.19. The summed E-state index contributed by atoms with van der Waals surface area (Å²) in [4.78, 5) is 23.0. The molecular formula is C17H17N7OS2. The van der Waals surface area contributed by atoms with Crippen LogP contribution in [-0.4, -0.2) is 30.5 Å². The Morgan fingerprint density at radius 3 is 2.96 bits per heavy atom. The zero-order valence-corrected chi connectivity index (χ0v) is 16.4. The largest absolute Gasteiger partial charge is 0.402 e. The predicted octanol–water partition coefficient (Wildman–Crippen LogP) is 2.19. The Balaban J connectivity index is 1.81. The van der Waals surface area contributed by atoms with Crippen molar-refractivity contribution in [2.24, 2.45) is 12.8 Å². The first-order chi connectivity index (χ1) is 13.0. The van der Waals surface area contributed by atoms with Crippen LogP contribution < -0.4 is 11.3 Å². The fraction of sp³-hybridized carbons (Fsp3) is 0.235. The van der Waals surface area contributed by atoms with Gasteiger partial charge in [0.15, 0.2) is 5.65 Å². The van der Waals surface area contributed by atoms with Gasteiger partial charge in [-0.25, -0.2) is 14.6 Å². The normalized spacial score (nSPS) is 12.3. The van der Waals surface area contributed by atoms with Crippen LogP contribution in [-0.2, 0) is 20.0 Å². The van der Waals surface area contributed by atoms with E-state index in [4.69, 9.17) is 11.1 Å². The summed E-state index contributed by atoms with van der Waals surface area (Å²) in [5.41, 5.74) is 10.3. The Kier molecular flexibility index (Phi) is 4.36. The summed E-state index contributed by atoms with van der Waals surface area (Å²) in [6.07, 6.45) is 4.91. The van der Waals surface area contributed by atoms with Gasteiger partial charge in [-0.1, -0.05) is 0 Å². The molecule has 138 valence electrons. The summed E-state index contributed by atoms with van der Waals surface area (Å²) in [5, 5.41) is 13.1. The summed E-state index contributed by atoms with van der Waals surface area (Å²) in [7, 11) is 1.84. The Hall–Kier alpha value is -2.85. The van der Waals surface area contributed by atoms with Gasteiger partial charge in [0.1, 0.15) is 10.5 Å². The highest BCUT2D eigenvalue weighted by Crippen LogP contribution is 2.31. The lowest BCUT2D eigenvalue weighted by molar-refractivity contribution is 0.633. The van der Waals surface area contributed by atoms with Crippen LogP contribution >= 0.6 is 22.7 Å². The quantitative estimate of drug-likeness (QED) is 0.499. The maximum Gasteiger partial charge on any atom is 0.291 e. The molecule has 0 radical (unpaired) electrons. The lowest BCUT2D eigenvalue weighted by Crippen LogP contribution is -2.24. The first-order valence-electron chi connectivity index (χ1n) is 8.17. The average Bonchev–Trinajstić information content (AvgIpc) is 3.28. The van der Waals surface area contributed by atoms with Crippen molar-refractivity contribution in [3.05, 3.63) is 49.4 Å². The second-order valence-corrected chi connectivity index (χ2v) is 8.27. The number of nitrogens with one attached hydrogen (secondary N) is 1. The van der Waals surface area contributed by atoms with Crippen molar-refractivity contribution < 1.29 is 0 Å². The van der Waals surface area contributed by atoms with E-state index in [2.05, 4.69) is 15.1 Å². The molecule has 4 aromatic rings. The smallest absolute Gasteiger partial charge is 0.291 e. The molecule has 0 saturated carbocycles. The molecule has 0 fully saturated rings. The Labute approximate surface area is 162 Å². The fourth-order valence-corrected chi connectivity index (χ4v) is 4.71. The van der Waals surface area contributed by atoms with Gasteiger partial charge in [0.05, 0.1) is 28.6 Å². The van der Waals surface area contributed by atoms with E-state index in [0.717, 1.165) is 37.5 Å². The van der Waals surface area contributed by atoms with Gasteiger partial charge < -0.3 is 15.7 Å². The molecule has 0 spiro atoms. The third-order valence-electron chi connectivity index (χ3n) is 4.37. The Morgan fingerprint density at radius 1 is 1.44 bits per heavy atom. The number of rotatable bonds is 5.